The van der Waals surface area contributed by atoms with Crippen LogP contribution in [0.2, 0.25) is 5.02 Å². The zero-order valence-electron chi connectivity index (χ0n) is 20.8. The fraction of sp³-hybridized carbons (Fsp3) is 0.250. The average molecular weight is 517 g/mol. The van der Waals surface area contributed by atoms with Crippen molar-refractivity contribution < 1.29 is 9.53 Å². The molecule has 0 aliphatic carbocycles. The van der Waals surface area contributed by atoms with Gasteiger partial charge < -0.3 is 25.3 Å². The van der Waals surface area contributed by atoms with Crippen molar-refractivity contribution in [2.24, 2.45) is 0 Å². The highest BCUT2D eigenvalue weighted by Crippen LogP contribution is 2.36. The maximum absolute atomic E-state index is 11.8. The largest absolute Gasteiger partial charge is 0.495 e. The molecule has 190 valence electrons. The number of methoxy groups -OCH3 is 1. The molecule has 37 heavy (non-hydrogen) atoms. The van der Waals surface area contributed by atoms with Crippen molar-refractivity contribution >= 4 is 45.7 Å². The second kappa shape index (κ2) is 10.5. The first kappa shape index (κ1) is 24.6. The molecule has 5 rings (SSSR count). The van der Waals surface area contributed by atoms with E-state index in [1.165, 1.54) is 6.08 Å². The summed E-state index contributed by atoms with van der Waals surface area (Å²) in [5, 5.41) is 7.92. The van der Waals surface area contributed by atoms with Crippen molar-refractivity contribution in [3.8, 4) is 17.0 Å². The van der Waals surface area contributed by atoms with Crippen LogP contribution in [0.4, 0.5) is 17.3 Å². The van der Waals surface area contributed by atoms with Crippen LogP contribution in [0.3, 0.4) is 0 Å². The molecule has 1 atom stereocenters. The summed E-state index contributed by atoms with van der Waals surface area (Å²) < 4.78 is 5.69. The third-order valence-electron chi connectivity index (χ3n) is 6.65. The number of halogens is 1. The molecular formula is C28H29ClN6O2. The maximum Gasteiger partial charge on any atom is 0.247 e. The summed E-state index contributed by atoms with van der Waals surface area (Å²) in [5.41, 5.74) is 5.31. The fourth-order valence-corrected chi connectivity index (χ4v) is 4.98. The van der Waals surface area contributed by atoms with E-state index in [-0.39, 0.29) is 11.9 Å². The molecule has 0 saturated carbocycles. The molecule has 3 heterocycles. The van der Waals surface area contributed by atoms with Gasteiger partial charge in [0.15, 0.2) is 0 Å². The molecule has 0 spiro atoms. The molecule has 9 heteroatoms. The van der Waals surface area contributed by atoms with Gasteiger partial charge in [-0.15, -0.1) is 0 Å². The van der Waals surface area contributed by atoms with Crippen LogP contribution >= 0.6 is 11.6 Å². The van der Waals surface area contributed by atoms with E-state index in [0.29, 0.717) is 28.1 Å². The number of carbonyl (C=O) groups excluding carboxylic acids is 1. The zero-order chi connectivity index (χ0) is 25.9. The number of aryl methyl sites for hydroxylation is 1. The number of aromatic amines is 1. The lowest BCUT2D eigenvalue weighted by molar-refractivity contribution is -0.111. The number of para-hydroxylation sites is 1. The Morgan fingerprint density at radius 2 is 2.16 bits per heavy atom. The number of amides is 1. The summed E-state index contributed by atoms with van der Waals surface area (Å²) in [6.45, 7) is 7.14. The number of H-pyrrole nitrogens is 1. The van der Waals surface area contributed by atoms with Gasteiger partial charge in [0.1, 0.15) is 5.75 Å². The van der Waals surface area contributed by atoms with Gasteiger partial charge in [0.05, 0.1) is 29.7 Å². The average Bonchev–Trinajstić information content (AvgIpc) is 3.35. The molecule has 0 bridgehead atoms. The number of nitrogens with zero attached hydrogens (tertiary/aromatic N) is 3. The van der Waals surface area contributed by atoms with Gasteiger partial charge in [0.25, 0.3) is 0 Å². The summed E-state index contributed by atoms with van der Waals surface area (Å²) >= 11 is 6.52. The quantitative estimate of drug-likeness (QED) is 0.269. The van der Waals surface area contributed by atoms with Crippen LogP contribution in [0.15, 0.2) is 61.4 Å². The number of benzene rings is 2. The summed E-state index contributed by atoms with van der Waals surface area (Å²) in [6.07, 6.45) is 6.82. The van der Waals surface area contributed by atoms with E-state index >= 15 is 0 Å². The standard InChI is InChI=1S/C28H29ClN6O2/c1-4-26(36)33-23-13-25(37-3)24(12-17(23)2)35-11-7-8-18(16-35)32-28-31-15-21(29)27(34-28)20-14-30-22-10-6-5-9-19(20)22/h4-6,9-10,12-15,18,30H,1,7-8,11,16H2,2-3H3,(H,33,36)(H,31,32,34). The van der Waals surface area contributed by atoms with Crippen LogP contribution in [0.25, 0.3) is 22.2 Å². The maximum atomic E-state index is 11.8. The summed E-state index contributed by atoms with van der Waals surface area (Å²) in [7, 11) is 1.64. The predicted molar refractivity (Wildman–Crippen MR) is 150 cm³/mol. The molecule has 1 amide bonds. The number of nitrogens with one attached hydrogen (secondary N) is 3. The normalized spacial score (nSPS) is 15.4. The summed E-state index contributed by atoms with van der Waals surface area (Å²) in [6, 6.07) is 12.1. The number of hydrogen-bond donors (Lipinski definition) is 3. The minimum atomic E-state index is -0.255. The third kappa shape index (κ3) is 5.11. The zero-order valence-corrected chi connectivity index (χ0v) is 21.6. The van der Waals surface area contributed by atoms with Crippen molar-refractivity contribution in [3.63, 3.8) is 0 Å². The highest BCUT2D eigenvalue weighted by atomic mass is 35.5. The number of anilines is 3. The molecule has 2 aromatic heterocycles. The van der Waals surface area contributed by atoms with Gasteiger partial charge in [-0.1, -0.05) is 36.4 Å². The molecule has 3 N–H and O–H groups in total. The van der Waals surface area contributed by atoms with Gasteiger partial charge in [-0.2, -0.15) is 0 Å². The molecule has 1 aliphatic heterocycles. The predicted octanol–water partition coefficient (Wildman–Crippen LogP) is 5.80. The second-order valence-electron chi connectivity index (χ2n) is 9.10. The van der Waals surface area contributed by atoms with E-state index in [4.69, 9.17) is 21.3 Å². The topological polar surface area (TPSA) is 95.2 Å². The molecule has 1 unspecified atom stereocenters. The van der Waals surface area contributed by atoms with Gasteiger partial charge in [0.2, 0.25) is 11.9 Å². The van der Waals surface area contributed by atoms with E-state index in [0.717, 1.165) is 53.6 Å². The smallest absolute Gasteiger partial charge is 0.247 e. The second-order valence-corrected chi connectivity index (χ2v) is 9.51. The number of hydrogen-bond acceptors (Lipinski definition) is 6. The highest BCUT2D eigenvalue weighted by Gasteiger charge is 2.24. The summed E-state index contributed by atoms with van der Waals surface area (Å²) in [5.74, 6) is 0.993. The Labute approximate surface area is 220 Å². The lowest BCUT2D eigenvalue weighted by Gasteiger charge is -2.36. The van der Waals surface area contributed by atoms with Crippen LogP contribution in [0.1, 0.15) is 18.4 Å². The minimum absolute atomic E-state index is 0.135. The fourth-order valence-electron chi connectivity index (χ4n) is 4.79. The van der Waals surface area contributed by atoms with Crippen molar-refractivity contribution in [2.75, 3.05) is 35.7 Å². The Balaban J connectivity index is 1.36. The Hall–Kier alpha value is -4.04. The van der Waals surface area contributed by atoms with Crippen LogP contribution in [-0.2, 0) is 4.79 Å². The molecule has 1 saturated heterocycles. The Morgan fingerprint density at radius 3 is 2.97 bits per heavy atom. The first-order chi connectivity index (χ1) is 18.0. The molecule has 0 radical (unpaired) electrons. The lowest BCUT2D eigenvalue weighted by Crippen LogP contribution is -2.42. The van der Waals surface area contributed by atoms with Gasteiger partial charge in [0, 0.05) is 53.5 Å². The number of piperidine rings is 1. The van der Waals surface area contributed by atoms with E-state index in [2.05, 4.69) is 38.1 Å². The monoisotopic (exact) mass is 516 g/mol. The van der Waals surface area contributed by atoms with Gasteiger partial charge in [-0.05, 0) is 43.5 Å². The Kier molecular flexibility index (Phi) is 7.01. The molecule has 1 fully saturated rings. The highest BCUT2D eigenvalue weighted by molar-refractivity contribution is 6.33. The van der Waals surface area contributed by atoms with Crippen molar-refractivity contribution in [1.82, 2.24) is 15.0 Å². The Bertz CT molecular complexity index is 1470. The number of aromatic nitrogens is 3. The molecular weight excluding hydrogens is 488 g/mol. The molecule has 4 aromatic rings. The first-order valence-corrected chi connectivity index (χ1v) is 12.6. The van der Waals surface area contributed by atoms with E-state index < -0.39 is 0 Å². The number of rotatable bonds is 7. The Morgan fingerprint density at radius 1 is 1.32 bits per heavy atom. The van der Waals surface area contributed by atoms with Crippen LogP contribution in [0.5, 0.6) is 5.75 Å². The third-order valence-corrected chi connectivity index (χ3v) is 6.93. The van der Waals surface area contributed by atoms with Crippen LogP contribution in [0, 0.1) is 6.92 Å². The molecule has 1 aliphatic rings. The van der Waals surface area contributed by atoms with Crippen LogP contribution < -0.4 is 20.3 Å². The van der Waals surface area contributed by atoms with Gasteiger partial charge in [-0.3, -0.25) is 4.79 Å². The molecule has 8 nitrogen and oxygen atoms in total. The van der Waals surface area contributed by atoms with E-state index in [9.17, 15) is 4.79 Å². The van der Waals surface area contributed by atoms with Crippen LogP contribution in [-0.4, -0.2) is 47.1 Å². The molecule has 2 aromatic carbocycles. The number of fused-ring (bicyclic) bond motifs is 1. The number of carbonyl (C=O) groups is 1. The van der Waals surface area contributed by atoms with Crippen molar-refractivity contribution in [1.29, 1.82) is 0 Å². The number of ether oxygens (including phenoxy) is 1. The van der Waals surface area contributed by atoms with Gasteiger partial charge in [-0.25, -0.2) is 9.97 Å². The minimum Gasteiger partial charge on any atom is -0.495 e. The van der Waals surface area contributed by atoms with Crippen molar-refractivity contribution in [2.45, 2.75) is 25.8 Å². The van der Waals surface area contributed by atoms with E-state index in [1.54, 1.807) is 13.3 Å². The van der Waals surface area contributed by atoms with E-state index in [1.807, 2.05) is 43.5 Å². The first-order valence-electron chi connectivity index (χ1n) is 12.2. The van der Waals surface area contributed by atoms with Gasteiger partial charge >= 0.3 is 0 Å². The summed E-state index contributed by atoms with van der Waals surface area (Å²) in [4.78, 5) is 26.6. The SMILES string of the molecule is C=CC(=O)Nc1cc(OC)c(N2CCCC(Nc3ncc(Cl)c(-c4c[nH]c5ccccc45)n3)C2)cc1C. The van der Waals surface area contributed by atoms with Crippen molar-refractivity contribution in [3.05, 3.63) is 72.0 Å². The lowest BCUT2D eigenvalue weighted by atomic mass is 10.0.